The lowest BCUT2D eigenvalue weighted by Crippen LogP contribution is -2.12. The molecular weight excluding hydrogens is 304 g/mol. The van der Waals surface area contributed by atoms with Gasteiger partial charge < -0.3 is 9.47 Å². The zero-order chi connectivity index (χ0) is 17.2. The van der Waals surface area contributed by atoms with Crippen LogP contribution in [0.3, 0.4) is 0 Å². The van der Waals surface area contributed by atoms with Crippen molar-refractivity contribution in [2.24, 2.45) is 5.10 Å². The SMILES string of the molecule is COc1cccc(/C=N\NC(C)=O)c1OC/C=C/c1ccccc1. The fourth-order valence-electron chi connectivity index (χ4n) is 2.02. The molecule has 0 unspecified atom stereocenters. The molecule has 2 aromatic carbocycles. The van der Waals surface area contributed by atoms with Crippen LogP contribution < -0.4 is 14.9 Å². The Kier molecular flexibility index (Phi) is 6.58. The van der Waals surface area contributed by atoms with Crippen molar-refractivity contribution in [3.8, 4) is 11.5 Å². The van der Waals surface area contributed by atoms with Gasteiger partial charge in [0.25, 0.3) is 0 Å². The lowest BCUT2D eigenvalue weighted by atomic mass is 10.2. The monoisotopic (exact) mass is 324 g/mol. The summed E-state index contributed by atoms with van der Waals surface area (Å²) in [6, 6.07) is 15.5. The number of benzene rings is 2. The number of hydrogen-bond donors (Lipinski definition) is 1. The summed E-state index contributed by atoms with van der Waals surface area (Å²) in [6.07, 6.45) is 5.44. The highest BCUT2D eigenvalue weighted by Crippen LogP contribution is 2.30. The van der Waals surface area contributed by atoms with Crippen LogP contribution in [0.25, 0.3) is 6.08 Å². The van der Waals surface area contributed by atoms with Crippen molar-refractivity contribution >= 4 is 18.2 Å². The minimum absolute atomic E-state index is 0.234. The van der Waals surface area contributed by atoms with Crippen LogP contribution >= 0.6 is 0 Å². The van der Waals surface area contributed by atoms with Crippen LogP contribution in [0.1, 0.15) is 18.1 Å². The molecule has 0 fully saturated rings. The minimum Gasteiger partial charge on any atom is -0.493 e. The van der Waals surface area contributed by atoms with Gasteiger partial charge in [-0.3, -0.25) is 4.79 Å². The number of ether oxygens (including phenoxy) is 2. The zero-order valence-electron chi connectivity index (χ0n) is 13.7. The van der Waals surface area contributed by atoms with Crippen molar-refractivity contribution in [2.45, 2.75) is 6.92 Å². The van der Waals surface area contributed by atoms with E-state index in [1.165, 1.54) is 13.1 Å². The molecule has 5 heteroatoms. The number of rotatable bonds is 7. The van der Waals surface area contributed by atoms with E-state index in [1.807, 2.05) is 60.7 Å². The molecule has 0 radical (unpaired) electrons. The van der Waals surface area contributed by atoms with Crippen LogP contribution in [-0.2, 0) is 4.79 Å². The molecular formula is C19H20N2O3. The van der Waals surface area contributed by atoms with Crippen molar-refractivity contribution in [3.05, 3.63) is 65.7 Å². The highest BCUT2D eigenvalue weighted by atomic mass is 16.5. The van der Waals surface area contributed by atoms with Gasteiger partial charge in [-0.2, -0.15) is 5.10 Å². The van der Waals surface area contributed by atoms with E-state index in [2.05, 4.69) is 10.5 Å². The number of hydrogen-bond acceptors (Lipinski definition) is 4. The van der Waals surface area contributed by atoms with Crippen LogP contribution in [0.4, 0.5) is 0 Å². The van der Waals surface area contributed by atoms with Crippen molar-refractivity contribution in [1.82, 2.24) is 5.43 Å². The summed E-state index contributed by atoms with van der Waals surface area (Å²) in [6.45, 7) is 1.78. The average Bonchev–Trinajstić information content (AvgIpc) is 2.60. The summed E-state index contributed by atoms with van der Waals surface area (Å²) in [5.74, 6) is 0.948. The second-order valence-corrected chi connectivity index (χ2v) is 4.93. The molecule has 5 nitrogen and oxygen atoms in total. The number of carbonyl (C=O) groups excluding carboxylic acids is 1. The minimum atomic E-state index is -0.234. The first-order valence-electron chi connectivity index (χ1n) is 7.51. The molecule has 0 aliphatic carbocycles. The lowest BCUT2D eigenvalue weighted by Gasteiger charge is -2.11. The molecule has 0 saturated carbocycles. The largest absolute Gasteiger partial charge is 0.493 e. The highest BCUT2D eigenvalue weighted by molar-refractivity contribution is 5.86. The van der Waals surface area contributed by atoms with Crippen LogP contribution in [0.5, 0.6) is 11.5 Å². The van der Waals surface area contributed by atoms with Gasteiger partial charge in [-0.05, 0) is 23.8 Å². The summed E-state index contributed by atoms with van der Waals surface area (Å²) < 4.78 is 11.2. The molecule has 0 aromatic heterocycles. The Morgan fingerprint density at radius 3 is 2.67 bits per heavy atom. The summed E-state index contributed by atoms with van der Waals surface area (Å²) in [5, 5.41) is 3.87. The predicted molar refractivity (Wildman–Crippen MR) is 95.4 cm³/mol. The van der Waals surface area contributed by atoms with Crippen LogP contribution in [0, 0.1) is 0 Å². The first-order valence-corrected chi connectivity index (χ1v) is 7.51. The van der Waals surface area contributed by atoms with Gasteiger partial charge in [-0.1, -0.05) is 42.5 Å². The lowest BCUT2D eigenvalue weighted by molar-refractivity contribution is -0.118. The second kappa shape index (κ2) is 9.15. The van der Waals surface area contributed by atoms with Gasteiger partial charge in [0.2, 0.25) is 5.91 Å². The summed E-state index contributed by atoms with van der Waals surface area (Å²) >= 11 is 0. The van der Waals surface area contributed by atoms with Gasteiger partial charge in [-0.25, -0.2) is 5.43 Å². The fraction of sp³-hybridized carbons (Fsp3) is 0.158. The molecule has 0 spiro atoms. The smallest absolute Gasteiger partial charge is 0.236 e. The Bertz CT molecular complexity index is 725. The number of hydrazone groups is 1. The maximum absolute atomic E-state index is 10.9. The van der Waals surface area contributed by atoms with Gasteiger partial charge in [0.1, 0.15) is 6.61 Å². The van der Waals surface area contributed by atoms with Crippen molar-refractivity contribution in [2.75, 3.05) is 13.7 Å². The number of nitrogens with one attached hydrogen (secondary N) is 1. The third kappa shape index (κ3) is 5.28. The summed E-state index contributed by atoms with van der Waals surface area (Å²) in [4.78, 5) is 10.9. The Labute approximate surface area is 141 Å². The fourth-order valence-corrected chi connectivity index (χ4v) is 2.02. The first-order chi connectivity index (χ1) is 11.7. The van der Waals surface area contributed by atoms with Crippen LogP contribution in [0.2, 0.25) is 0 Å². The van der Waals surface area contributed by atoms with E-state index >= 15 is 0 Å². The predicted octanol–water partition coefficient (Wildman–Crippen LogP) is 3.26. The van der Waals surface area contributed by atoms with E-state index in [-0.39, 0.29) is 5.91 Å². The molecule has 0 saturated heterocycles. The topological polar surface area (TPSA) is 59.9 Å². The van der Waals surface area contributed by atoms with Crippen LogP contribution in [0.15, 0.2) is 59.7 Å². The number of para-hydroxylation sites is 1. The molecule has 1 N–H and O–H groups in total. The van der Waals surface area contributed by atoms with E-state index in [0.29, 0.717) is 18.1 Å². The average molecular weight is 324 g/mol. The summed E-state index contributed by atoms with van der Waals surface area (Å²) in [7, 11) is 1.58. The molecule has 1 amide bonds. The molecule has 0 atom stereocenters. The quantitative estimate of drug-likeness (QED) is 0.628. The Morgan fingerprint density at radius 2 is 1.96 bits per heavy atom. The molecule has 0 heterocycles. The molecule has 0 aliphatic heterocycles. The molecule has 124 valence electrons. The Morgan fingerprint density at radius 1 is 1.17 bits per heavy atom. The van der Waals surface area contributed by atoms with E-state index in [4.69, 9.17) is 9.47 Å². The number of nitrogens with zero attached hydrogens (tertiary/aromatic N) is 1. The van der Waals surface area contributed by atoms with Gasteiger partial charge in [-0.15, -0.1) is 0 Å². The van der Waals surface area contributed by atoms with Crippen LogP contribution in [-0.4, -0.2) is 25.8 Å². The second-order valence-electron chi connectivity index (χ2n) is 4.93. The summed E-state index contributed by atoms with van der Waals surface area (Å²) in [5.41, 5.74) is 4.19. The molecule has 2 rings (SSSR count). The Hall–Kier alpha value is -3.08. The van der Waals surface area contributed by atoms with Gasteiger partial charge in [0, 0.05) is 12.5 Å². The van der Waals surface area contributed by atoms with Crippen molar-refractivity contribution in [3.63, 3.8) is 0 Å². The van der Waals surface area contributed by atoms with E-state index < -0.39 is 0 Å². The molecule has 24 heavy (non-hydrogen) atoms. The van der Waals surface area contributed by atoms with Gasteiger partial charge in [0.15, 0.2) is 11.5 Å². The Balaban J connectivity index is 2.08. The van der Waals surface area contributed by atoms with Gasteiger partial charge >= 0.3 is 0 Å². The third-order valence-electron chi connectivity index (χ3n) is 3.09. The van der Waals surface area contributed by atoms with Gasteiger partial charge in [0.05, 0.1) is 13.3 Å². The standard InChI is InChI=1S/C19H20N2O3/c1-15(22)21-20-14-17-11-6-12-18(23-2)19(17)24-13-7-10-16-8-4-3-5-9-16/h3-12,14H,13H2,1-2H3,(H,21,22)/b10-7+,20-14-. The number of carbonyl (C=O) groups is 1. The first kappa shape index (κ1) is 17.3. The van der Waals surface area contributed by atoms with Crippen molar-refractivity contribution in [1.29, 1.82) is 0 Å². The molecule has 0 bridgehead atoms. The van der Waals surface area contributed by atoms with E-state index in [0.717, 1.165) is 11.1 Å². The molecule has 2 aromatic rings. The highest BCUT2D eigenvalue weighted by Gasteiger charge is 2.08. The normalized spacial score (nSPS) is 10.9. The number of methoxy groups -OCH3 is 1. The van der Waals surface area contributed by atoms with E-state index in [9.17, 15) is 4.79 Å². The zero-order valence-corrected chi connectivity index (χ0v) is 13.7. The molecule has 0 aliphatic rings. The van der Waals surface area contributed by atoms with E-state index in [1.54, 1.807) is 7.11 Å². The van der Waals surface area contributed by atoms with Crippen molar-refractivity contribution < 1.29 is 14.3 Å². The maximum Gasteiger partial charge on any atom is 0.236 e. The maximum atomic E-state index is 10.9. The third-order valence-corrected chi connectivity index (χ3v) is 3.09. The number of amides is 1.